The van der Waals surface area contributed by atoms with E-state index in [-0.39, 0.29) is 10.9 Å². The molecule has 2 aromatic rings. The molecule has 106 valence electrons. The van der Waals surface area contributed by atoms with E-state index in [1.807, 2.05) is 0 Å². The summed E-state index contributed by atoms with van der Waals surface area (Å²) in [7, 11) is 0. The first-order chi connectivity index (χ1) is 9.33. The third-order valence-electron chi connectivity index (χ3n) is 2.09. The topological polar surface area (TPSA) is 77.2 Å². The third kappa shape index (κ3) is 3.85. The van der Waals surface area contributed by atoms with Gasteiger partial charge in [-0.3, -0.25) is 4.79 Å². The lowest BCUT2D eigenvalue weighted by atomic mass is 10.3. The lowest BCUT2D eigenvalue weighted by Crippen LogP contribution is -2.17. The van der Waals surface area contributed by atoms with Crippen molar-refractivity contribution in [3.63, 3.8) is 0 Å². The lowest BCUT2D eigenvalue weighted by molar-refractivity contribution is -0.274. The highest BCUT2D eigenvalue weighted by Gasteiger charge is 2.30. The summed E-state index contributed by atoms with van der Waals surface area (Å²) in [5, 5.41) is 2.75. The molecular formula is C11H8F3N3O2S. The normalized spacial score (nSPS) is 11.2. The second-order valence-corrected chi connectivity index (χ2v) is 4.65. The minimum Gasteiger partial charge on any atom is -0.406 e. The van der Waals surface area contributed by atoms with Crippen LogP contribution in [0.15, 0.2) is 30.5 Å². The number of nitrogens with zero attached hydrogens (tertiary/aromatic N) is 1. The molecule has 0 aliphatic heterocycles. The van der Waals surface area contributed by atoms with Crippen molar-refractivity contribution in [2.75, 3.05) is 11.1 Å². The minimum absolute atomic E-state index is 0.254. The van der Waals surface area contributed by atoms with Crippen LogP contribution < -0.4 is 15.8 Å². The number of nitrogens with one attached hydrogen (secondary N) is 1. The van der Waals surface area contributed by atoms with Crippen LogP contribution in [0.1, 0.15) is 9.67 Å². The van der Waals surface area contributed by atoms with Gasteiger partial charge in [-0.05, 0) is 24.3 Å². The molecular weight excluding hydrogens is 295 g/mol. The Morgan fingerprint density at radius 2 is 1.95 bits per heavy atom. The fourth-order valence-corrected chi connectivity index (χ4v) is 1.91. The summed E-state index contributed by atoms with van der Waals surface area (Å²) in [5.41, 5.74) is 5.72. The first-order valence-corrected chi connectivity index (χ1v) is 6.03. The Kier molecular flexibility index (Phi) is 3.79. The maximum atomic E-state index is 12.0. The fraction of sp³-hybridized carbons (Fsp3) is 0.0909. The van der Waals surface area contributed by atoms with Crippen LogP contribution in [0.25, 0.3) is 0 Å². The van der Waals surface area contributed by atoms with Gasteiger partial charge in [0.15, 0.2) is 5.13 Å². The molecule has 0 aliphatic rings. The van der Waals surface area contributed by atoms with Crippen LogP contribution in [0.4, 0.5) is 24.0 Å². The van der Waals surface area contributed by atoms with Crippen molar-refractivity contribution in [1.29, 1.82) is 0 Å². The number of thiazole rings is 1. The van der Waals surface area contributed by atoms with E-state index in [1.54, 1.807) is 0 Å². The summed E-state index contributed by atoms with van der Waals surface area (Å²) in [6.07, 6.45) is -3.43. The van der Waals surface area contributed by atoms with Crippen molar-refractivity contribution in [2.45, 2.75) is 6.36 Å². The zero-order valence-electron chi connectivity index (χ0n) is 9.77. The molecule has 0 saturated carbocycles. The molecule has 0 atom stereocenters. The van der Waals surface area contributed by atoms with Gasteiger partial charge < -0.3 is 15.8 Å². The molecule has 1 aromatic heterocycles. The highest BCUT2D eigenvalue weighted by atomic mass is 32.1. The average molecular weight is 303 g/mol. The summed E-state index contributed by atoms with van der Waals surface area (Å²) in [4.78, 5) is 15.8. The van der Waals surface area contributed by atoms with E-state index in [0.29, 0.717) is 10.6 Å². The molecule has 1 aromatic carbocycles. The van der Waals surface area contributed by atoms with Crippen molar-refractivity contribution in [3.8, 4) is 5.75 Å². The predicted molar refractivity (Wildman–Crippen MR) is 67.6 cm³/mol. The van der Waals surface area contributed by atoms with Gasteiger partial charge in [0.25, 0.3) is 5.91 Å². The highest BCUT2D eigenvalue weighted by Crippen LogP contribution is 2.24. The molecule has 2 rings (SSSR count). The number of nitrogens with two attached hydrogens (primary N) is 1. The van der Waals surface area contributed by atoms with E-state index >= 15 is 0 Å². The smallest absolute Gasteiger partial charge is 0.406 e. The SMILES string of the molecule is Nc1ncc(C(=O)Nc2ccc(OC(F)(F)F)cc2)s1. The van der Waals surface area contributed by atoms with Crippen LogP contribution in [-0.2, 0) is 0 Å². The molecule has 0 aliphatic carbocycles. The van der Waals surface area contributed by atoms with E-state index in [2.05, 4.69) is 15.0 Å². The van der Waals surface area contributed by atoms with Gasteiger partial charge in [0.1, 0.15) is 10.6 Å². The molecule has 20 heavy (non-hydrogen) atoms. The number of nitrogen functional groups attached to an aromatic ring is 1. The first-order valence-electron chi connectivity index (χ1n) is 5.22. The van der Waals surface area contributed by atoms with E-state index in [1.165, 1.54) is 18.3 Å². The standard InChI is InChI=1S/C11H8F3N3O2S/c12-11(13,14)19-7-3-1-6(2-4-7)17-9(18)8-5-16-10(15)20-8/h1-5H,(H2,15,16)(H,17,18). The Morgan fingerprint density at radius 3 is 2.45 bits per heavy atom. The molecule has 0 saturated heterocycles. The summed E-state index contributed by atoms with van der Waals surface area (Å²) >= 11 is 1.01. The molecule has 0 bridgehead atoms. The Labute approximate surface area is 115 Å². The van der Waals surface area contributed by atoms with Gasteiger partial charge in [-0.25, -0.2) is 4.98 Å². The van der Waals surface area contributed by atoms with Gasteiger partial charge in [-0.15, -0.1) is 13.2 Å². The van der Waals surface area contributed by atoms with Crippen molar-refractivity contribution in [2.24, 2.45) is 0 Å². The maximum absolute atomic E-state index is 12.0. The van der Waals surface area contributed by atoms with Crippen molar-refractivity contribution < 1.29 is 22.7 Å². The summed E-state index contributed by atoms with van der Waals surface area (Å²) < 4.78 is 39.6. The molecule has 0 spiro atoms. The second-order valence-electron chi connectivity index (χ2n) is 3.59. The number of carbonyl (C=O) groups is 1. The van der Waals surface area contributed by atoms with E-state index < -0.39 is 12.3 Å². The Morgan fingerprint density at radius 1 is 1.30 bits per heavy atom. The number of amides is 1. The largest absolute Gasteiger partial charge is 0.573 e. The number of anilines is 2. The number of hydrogen-bond acceptors (Lipinski definition) is 5. The quantitative estimate of drug-likeness (QED) is 0.914. The second kappa shape index (κ2) is 5.37. The molecule has 0 unspecified atom stereocenters. The van der Waals surface area contributed by atoms with Gasteiger partial charge in [0, 0.05) is 5.69 Å². The van der Waals surface area contributed by atoms with E-state index in [0.717, 1.165) is 23.5 Å². The van der Waals surface area contributed by atoms with Gasteiger partial charge in [0.05, 0.1) is 6.20 Å². The number of carbonyl (C=O) groups excluding carboxylic acids is 1. The molecule has 1 amide bonds. The van der Waals surface area contributed by atoms with Gasteiger partial charge in [-0.2, -0.15) is 0 Å². The molecule has 9 heteroatoms. The van der Waals surface area contributed by atoms with Crippen LogP contribution in [0.3, 0.4) is 0 Å². The third-order valence-corrected chi connectivity index (χ3v) is 2.92. The van der Waals surface area contributed by atoms with Crippen LogP contribution in [0.5, 0.6) is 5.75 Å². The highest BCUT2D eigenvalue weighted by molar-refractivity contribution is 7.17. The zero-order chi connectivity index (χ0) is 14.8. The summed E-state index contributed by atoms with van der Waals surface area (Å²) in [6.45, 7) is 0. The first kappa shape index (κ1) is 14.1. The van der Waals surface area contributed by atoms with Crippen LogP contribution >= 0.6 is 11.3 Å². The van der Waals surface area contributed by atoms with E-state index in [9.17, 15) is 18.0 Å². The Bertz CT molecular complexity index is 610. The lowest BCUT2D eigenvalue weighted by Gasteiger charge is -2.09. The fourth-order valence-electron chi connectivity index (χ4n) is 1.33. The van der Waals surface area contributed by atoms with Crippen LogP contribution in [-0.4, -0.2) is 17.3 Å². The van der Waals surface area contributed by atoms with Gasteiger partial charge >= 0.3 is 6.36 Å². The number of ether oxygens (including phenoxy) is 1. The number of alkyl halides is 3. The monoisotopic (exact) mass is 303 g/mol. The van der Waals surface area contributed by atoms with Crippen molar-refractivity contribution >= 4 is 28.1 Å². The summed E-state index contributed by atoms with van der Waals surface area (Å²) in [5.74, 6) is -0.804. The molecule has 1 heterocycles. The molecule has 0 radical (unpaired) electrons. The Hall–Kier alpha value is -2.29. The Balaban J connectivity index is 2.02. The number of hydrogen-bond donors (Lipinski definition) is 2. The molecule has 0 fully saturated rings. The minimum atomic E-state index is -4.75. The van der Waals surface area contributed by atoms with E-state index in [4.69, 9.17) is 5.73 Å². The molecule has 5 nitrogen and oxygen atoms in total. The van der Waals surface area contributed by atoms with Gasteiger partial charge in [-0.1, -0.05) is 11.3 Å². The number of aromatic nitrogens is 1. The van der Waals surface area contributed by atoms with Crippen molar-refractivity contribution in [1.82, 2.24) is 4.98 Å². The average Bonchev–Trinajstić information content (AvgIpc) is 2.77. The summed E-state index contributed by atoms with van der Waals surface area (Å²) in [6, 6.07) is 4.79. The van der Waals surface area contributed by atoms with Crippen LogP contribution in [0.2, 0.25) is 0 Å². The zero-order valence-corrected chi connectivity index (χ0v) is 10.6. The number of benzene rings is 1. The predicted octanol–water partition coefficient (Wildman–Crippen LogP) is 2.88. The molecule has 3 N–H and O–H groups in total. The van der Waals surface area contributed by atoms with Crippen molar-refractivity contribution in [3.05, 3.63) is 35.3 Å². The van der Waals surface area contributed by atoms with Crippen LogP contribution in [0, 0.1) is 0 Å². The maximum Gasteiger partial charge on any atom is 0.573 e. The number of halogens is 3. The van der Waals surface area contributed by atoms with Gasteiger partial charge in [0.2, 0.25) is 0 Å². The number of rotatable bonds is 3.